The molecule has 0 aromatic heterocycles. The molecule has 3 aromatic carbocycles. The Morgan fingerprint density at radius 3 is 2.59 bits per heavy atom. The van der Waals surface area contributed by atoms with Crippen LogP contribution in [0.25, 0.3) is 0 Å². The Bertz CT molecular complexity index is 1290. The summed E-state index contributed by atoms with van der Waals surface area (Å²) in [6.07, 6.45) is 1.63. The van der Waals surface area contributed by atoms with Crippen LogP contribution in [-0.4, -0.2) is 41.9 Å². The molecule has 0 bridgehead atoms. The van der Waals surface area contributed by atoms with Crippen LogP contribution in [0.3, 0.4) is 0 Å². The molecule has 1 N–H and O–H groups in total. The quantitative estimate of drug-likeness (QED) is 0.542. The number of benzene rings is 3. The first-order valence-electron chi connectivity index (χ1n) is 10.9. The SMILES string of the molecule is O=C(Nc1cccc(Oc2ccc3c(c2)C(=O)N(CC2CCCO2)C3=O)c1)c1cccc(F)c1. The van der Waals surface area contributed by atoms with Gasteiger partial charge in [-0.05, 0) is 61.4 Å². The topological polar surface area (TPSA) is 84.9 Å². The summed E-state index contributed by atoms with van der Waals surface area (Å²) < 4.78 is 24.8. The molecule has 0 radical (unpaired) electrons. The summed E-state index contributed by atoms with van der Waals surface area (Å²) in [5, 5.41) is 2.70. The molecular weight excluding hydrogens is 439 g/mol. The Morgan fingerprint density at radius 2 is 1.79 bits per heavy atom. The van der Waals surface area contributed by atoms with Crippen molar-refractivity contribution in [3.63, 3.8) is 0 Å². The van der Waals surface area contributed by atoms with Crippen molar-refractivity contribution >= 4 is 23.4 Å². The summed E-state index contributed by atoms with van der Waals surface area (Å²) >= 11 is 0. The lowest BCUT2D eigenvalue weighted by Gasteiger charge is -2.17. The Labute approximate surface area is 195 Å². The zero-order valence-electron chi connectivity index (χ0n) is 18.1. The third-order valence-electron chi connectivity index (χ3n) is 5.77. The fourth-order valence-corrected chi connectivity index (χ4v) is 4.10. The average molecular weight is 460 g/mol. The molecular formula is C26H21FN2O5. The van der Waals surface area contributed by atoms with Crippen molar-refractivity contribution < 1.29 is 28.2 Å². The summed E-state index contributed by atoms with van der Waals surface area (Å²) in [7, 11) is 0. The van der Waals surface area contributed by atoms with E-state index in [1.165, 1.54) is 23.1 Å². The molecule has 5 rings (SSSR count). The molecule has 0 aliphatic carbocycles. The van der Waals surface area contributed by atoms with Gasteiger partial charge >= 0.3 is 0 Å². The summed E-state index contributed by atoms with van der Waals surface area (Å²) in [4.78, 5) is 39.2. The molecule has 1 fully saturated rings. The zero-order chi connectivity index (χ0) is 23.7. The Balaban J connectivity index is 1.30. The van der Waals surface area contributed by atoms with Crippen molar-refractivity contribution in [3.8, 4) is 11.5 Å². The van der Waals surface area contributed by atoms with Gasteiger partial charge in [-0.25, -0.2) is 4.39 Å². The van der Waals surface area contributed by atoms with Crippen LogP contribution < -0.4 is 10.1 Å². The first-order chi connectivity index (χ1) is 16.5. The second-order valence-electron chi connectivity index (χ2n) is 8.16. The highest BCUT2D eigenvalue weighted by molar-refractivity contribution is 6.21. The number of hydrogen-bond donors (Lipinski definition) is 1. The van der Waals surface area contributed by atoms with E-state index < -0.39 is 11.7 Å². The van der Waals surface area contributed by atoms with E-state index in [1.807, 2.05) is 0 Å². The van der Waals surface area contributed by atoms with E-state index in [0.29, 0.717) is 29.4 Å². The maximum Gasteiger partial charge on any atom is 0.261 e. The molecule has 3 aromatic rings. The maximum absolute atomic E-state index is 13.4. The van der Waals surface area contributed by atoms with Crippen LogP contribution in [0.2, 0.25) is 0 Å². The van der Waals surface area contributed by atoms with Gasteiger partial charge in [0.15, 0.2) is 0 Å². The van der Waals surface area contributed by atoms with Crippen molar-refractivity contribution in [2.24, 2.45) is 0 Å². The molecule has 8 heteroatoms. The largest absolute Gasteiger partial charge is 0.457 e. The molecule has 0 spiro atoms. The number of fused-ring (bicyclic) bond motifs is 1. The van der Waals surface area contributed by atoms with Gasteiger partial charge in [-0.15, -0.1) is 0 Å². The van der Waals surface area contributed by atoms with Crippen LogP contribution in [0, 0.1) is 5.82 Å². The molecule has 1 unspecified atom stereocenters. The molecule has 172 valence electrons. The normalized spacial score (nSPS) is 17.1. The number of amides is 3. The molecule has 34 heavy (non-hydrogen) atoms. The molecule has 3 amide bonds. The van der Waals surface area contributed by atoms with Gasteiger partial charge in [0.05, 0.1) is 23.8 Å². The van der Waals surface area contributed by atoms with Crippen LogP contribution in [0.4, 0.5) is 10.1 Å². The molecule has 1 saturated heterocycles. The zero-order valence-corrected chi connectivity index (χ0v) is 18.1. The molecule has 0 saturated carbocycles. The lowest BCUT2D eigenvalue weighted by Crippen LogP contribution is -2.36. The summed E-state index contributed by atoms with van der Waals surface area (Å²) in [6, 6.07) is 16.8. The number of nitrogens with zero attached hydrogens (tertiary/aromatic N) is 1. The van der Waals surface area contributed by atoms with Gasteiger partial charge in [-0.3, -0.25) is 19.3 Å². The first-order valence-corrected chi connectivity index (χ1v) is 10.9. The summed E-state index contributed by atoms with van der Waals surface area (Å²) in [6.45, 7) is 0.892. The van der Waals surface area contributed by atoms with Crippen LogP contribution >= 0.6 is 0 Å². The van der Waals surface area contributed by atoms with Gasteiger partial charge in [0, 0.05) is 23.9 Å². The van der Waals surface area contributed by atoms with Crippen molar-refractivity contribution in [2.45, 2.75) is 18.9 Å². The Kier molecular flexibility index (Phi) is 5.81. The van der Waals surface area contributed by atoms with Gasteiger partial charge in [0.2, 0.25) is 0 Å². The Morgan fingerprint density at radius 1 is 1.00 bits per heavy atom. The smallest absolute Gasteiger partial charge is 0.261 e. The minimum Gasteiger partial charge on any atom is -0.457 e. The average Bonchev–Trinajstić information content (AvgIpc) is 3.42. The van der Waals surface area contributed by atoms with E-state index in [-0.39, 0.29) is 35.6 Å². The van der Waals surface area contributed by atoms with Crippen molar-refractivity contribution in [2.75, 3.05) is 18.5 Å². The lowest BCUT2D eigenvalue weighted by atomic mass is 10.1. The number of imide groups is 1. The van der Waals surface area contributed by atoms with Crippen LogP contribution in [0.5, 0.6) is 11.5 Å². The van der Waals surface area contributed by atoms with Crippen LogP contribution in [0.15, 0.2) is 66.7 Å². The monoisotopic (exact) mass is 460 g/mol. The van der Waals surface area contributed by atoms with Gasteiger partial charge in [0.1, 0.15) is 17.3 Å². The number of carbonyl (C=O) groups excluding carboxylic acids is 3. The van der Waals surface area contributed by atoms with Crippen LogP contribution in [0.1, 0.15) is 43.9 Å². The molecule has 1 atom stereocenters. The number of carbonyl (C=O) groups is 3. The lowest BCUT2D eigenvalue weighted by molar-refractivity contribution is 0.0475. The summed E-state index contributed by atoms with van der Waals surface area (Å²) in [5.74, 6) is -0.841. The number of hydrogen-bond acceptors (Lipinski definition) is 5. The number of anilines is 1. The van der Waals surface area contributed by atoms with E-state index in [2.05, 4.69) is 5.32 Å². The van der Waals surface area contributed by atoms with E-state index in [1.54, 1.807) is 42.5 Å². The predicted molar refractivity (Wildman–Crippen MR) is 122 cm³/mol. The summed E-state index contributed by atoms with van der Waals surface area (Å²) in [5.41, 5.74) is 1.28. The van der Waals surface area contributed by atoms with Crippen molar-refractivity contribution in [3.05, 3.63) is 89.2 Å². The highest BCUT2D eigenvalue weighted by Crippen LogP contribution is 2.31. The highest BCUT2D eigenvalue weighted by Gasteiger charge is 2.37. The van der Waals surface area contributed by atoms with E-state index in [0.717, 1.165) is 18.9 Å². The van der Waals surface area contributed by atoms with Gasteiger partial charge in [-0.2, -0.15) is 0 Å². The fourth-order valence-electron chi connectivity index (χ4n) is 4.10. The van der Waals surface area contributed by atoms with E-state index in [4.69, 9.17) is 9.47 Å². The van der Waals surface area contributed by atoms with Gasteiger partial charge < -0.3 is 14.8 Å². The molecule has 2 aliphatic heterocycles. The molecule has 7 nitrogen and oxygen atoms in total. The van der Waals surface area contributed by atoms with E-state index in [9.17, 15) is 18.8 Å². The number of nitrogens with one attached hydrogen (secondary N) is 1. The minimum atomic E-state index is -0.497. The first kappa shape index (κ1) is 21.8. The second kappa shape index (κ2) is 9.07. The highest BCUT2D eigenvalue weighted by atomic mass is 19.1. The maximum atomic E-state index is 13.4. The number of halogens is 1. The second-order valence-corrected chi connectivity index (χ2v) is 8.16. The van der Waals surface area contributed by atoms with Crippen molar-refractivity contribution in [1.29, 1.82) is 0 Å². The minimum absolute atomic E-state index is 0.122. The van der Waals surface area contributed by atoms with Crippen molar-refractivity contribution in [1.82, 2.24) is 4.90 Å². The van der Waals surface area contributed by atoms with Gasteiger partial charge in [-0.1, -0.05) is 12.1 Å². The number of ether oxygens (including phenoxy) is 2. The predicted octanol–water partition coefficient (Wildman–Crippen LogP) is 4.65. The fraction of sp³-hybridized carbons (Fsp3) is 0.192. The number of rotatable bonds is 6. The van der Waals surface area contributed by atoms with Gasteiger partial charge in [0.25, 0.3) is 17.7 Å². The Hall–Kier alpha value is -4.04. The van der Waals surface area contributed by atoms with Crippen LogP contribution in [-0.2, 0) is 4.74 Å². The van der Waals surface area contributed by atoms with E-state index >= 15 is 0 Å². The standard InChI is InChI=1S/C26H21FN2O5/c27-17-5-1-4-16(12-17)24(30)28-18-6-2-7-19(13-18)34-20-9-10-22-23(14-20)26(32)29(25(22)31)15-21-8-3-11-33-21/h1-2,4-7,9-10,12-14,21H,3,8,11,15H2,(H,28,30). The molecule has 2 aliphatic rings. The molecule has 2 heterocycles. The third kappa shape index (κ3) is 4.40. The third-order valence-corrected chi connectivity index (χ3v) is 5.77.